The van der Waals surface area contributed by atoms with Gasteiger partial charge in [0.05, 0.1) is 17.0 Å². The zero-order valence-electron chi connectivity index (χ0n) is 14.5. The first-order chi connectivity index (χ1) is 13.2. The first kappa shape index (κ1) is 17.3. The Hall–Kier alpha value is -3.11. The van der Waals surface area contributed by atoms with Crippen molar-refractivity contribution in [2.75, 3.05) is 5.43 Å². The highest BCUT2D eigenvalue weighted by atomic mass is 79.9. The van der Waals surface area contributed by atoms with Gasteiger partial charge < -0.3 is 0 Å². The van der Waals surface area contributed by atoms with Crippen molar-refractivity contribution < 1.29 is 4.79 Å². The van der Waals surface area contributed by atoms with Gasteiger partial charge in [-0.25, -0.2) is 0 Å². The van der Waals surface area contributed by atoms with E-state index < -0.39 is 0 Å². The van der Waals surface area contributed by atoms with E-state index in [2.05, 4.69) is 21.4 Å². The average Bonchev–Trinajstić information content (AvgIpc) is 3.13. The van der Waals surface area contributed by atoms with Crippen molar-refractivity contribution in [2.45, 2.75) is 0 Å². The molecular formula is C23H17BrN2O. The highest BCUT2D eigenvalue weighted by molar-refractivity contribution is 9.10. The summed E-state index contributed by atoms with van der Waals surface area (Å²) in [4.78, 5) is 12.9. The number of aromatic nitrogens is 1. The third-order valence-electron chi connectivity index (χ3n) is 4.35. The van der Waals surface area contributed by atoms with Crippen LogP contribution in [-0.2, 0) is 0 Å². The van der Waals surface area contributed by atoms with Crippen LogP contribution in [0, 0.1) is 0 Å². The molecule has 0 fully saturated rings. The van der Waals surface area contributed by atoms with Crippen LogP contribution in [0.5, 0.6) is 0 Å². The Morgan fingerprint density at radius 2 is 1.15 bits per heavy atom. The Balaban J connectivity index is 1.81. The maximum absolute atomic E-state index is 12.9. The number of carbonyl (C=O) groups excluding carboxylic acids is 1. The number of halogens is 1. The van der Waals surface area contributed by atoms with Crippen LogP contribution in [0.4, 0.5) is 0 Å². The van der Waals surface area contributed by atoms with Crippen molar-refractivity contribution in [2.24, 2.45) is 0 Å². The summed E-state index contributed by atoms with van der Waals surface area (Å²) >= 11 is 3.46. The Bertz CT molecular complexity index is 1020. The van der Waals surface area contributed by atoms with Gasteiger partial charge in [0.15, 0.2) is 0 Å². The second kappa shape index (κ2) is 7.64. The van der Waals surface area contributed by atoms with Gasteiger partial charge in [0.25, 0.3) is 5.91 Å². The molecule has 4 rings (SSSR count). The number of hydrogen-bond donors (Lipinski definition) is 1. The summed E-state index contributed by atoms with van der Waals surface area (Å²) < 4.78 is 2.61. The molecule has 0 spiro atoms. The lowest BCUT2D eigenvalue weighted by Gasteiger charge is -2.16. The average molecular weight is 417 g/mol. The molecule has 1 amide bonds. The molecule has 1 heterocycles. The van der Waals surface area contributed by atoms with Crippen molar-refractivity contribution in [3.63, 3.8) is 0 Å². The zero-order valence-corrected chi connectivity index (χ0v) is 16.1. The Morgan fingerprint density at radius 3 is 1.67 bits per heavy atom. The first-order valence-corrected chi connectivity index (χ1v) is 9.42. The minimum atomic E-state index is -0.173. The Kier molecular flexibility index (Phi) is 4.90. The van der Waals surface area contributed by atoms with Gasteiger partial charge in [-0.15, -0.1) is 0 Å². The smallest absolute Gasteiger partial charge is 0.267 e. The quantitative estimate of drug-likeness (QED) is 0.436. The fourth-order valence-electron chi connectivity index (χ4n) is 3.03. The van der Waals surface area contributed by atoms with Crippen LogP contribution in [-0.4, -0.2) is 10.6 Å². The molecule has 1 aromatic heterocycles. The Labute approximate surface area is 166 Å². The molecule has 0 aliphatic heterocycles. The van der Waals surface area contributed by atoms with E-state index in [1.54, 1.807) is 6.07 Å². The molecule has 0 saturated heterocycles. The van der Waals surface area contributed by atoms with Gasteiger partial charge in [-0.2, -0.15) is 0 Å². The molecule has 3 aromatic carbocycles. The minimum Gasteiger partial charge on any atom is -0.267 e. The first-order valence-electron chi connectivity index (χ1n) is 8.62. The van der Waals surface area contributed by atoms with E-state index in [1.165, 1.54) is 0 Å². The van der Waals surface area contributed by atoms with Gasteiger partial charge in [0.1, 0.15) is 0 Å². The summed E-state index contributed by atoms with van der Waals surface area (Å²) in [6.07, 6.45) is 0. The van der Waals surface area contributed by atoms with Gasteiger partial charge in [0, 0.05) is 15.6 Å². The van der Waals surface area contributed by atoms with Crippen LogP contribution in [0.2, 0.25) is 0 Å². The molecule has 0 radical (unpaired) electrons. The third-order valence-corrected chi connectivity index (χ3v) is 5.04. The SMILES string of the molecule is O=C(Nn1c(-c2ccccc2)ccc1-c1ccccc1)c1ccccc1Br. The van der Waals surface area contributed by atoms with E-state index in [1.807, 2.05) is 95.7 Å². The molecule has 27 heavy (non-hydrogen) atoms. The summed E-state index contributed by atoms with van der Waals surface area (Å²) in [6, 6.07) is 31.5. The summed E-state index contributed by atoms with van der Waals surface area (Å²) in [5, 5.41) is 0. The number of hydrogen-bond acceptors (Lipinski definition) is 1. The third kappa shape index (κ3) is 3.57. The lowest BCUT2D eigenvalue weighted by Crippen LogP contribution is -2.24. The molecule has 0 saturated carbocycles. The highest BCUT2D eigenvalue weighted by Gasteiger charge is 2.16. The van der Waals surface area contributed by atoms with Gasteiger partial charge in [-0.1, -0.05) is 72.8 Å². The van der Waals surface area contributed by atoms with Crippen LogP contribution in [0.15, 0.2) is 102 Å². The van der Waals surface area contributed by atoms with Crippen LogP contribution in [0.1, 0.15) is 10.4 Å². The van der Waals surface area contributed by atoms with E-state index in [0.29, 0.717) is 5.56 Å². The van der Waals surface area contributed by atoms with Crippen molar-refractivity contribution in [1.29, 1.82) is 0 Å². The standard InChI is InChI=1S/C23H17BrN2O/c24-20-14-8-7-13-19(20)23(27)25-26-21(17-9-3-1-4-10-17)15-16-22(26)18-11-5-2-6-12-18/h1-16H,(H,25,27). The summed E-state index contributed by atoms with van der Waals surface area (Å²) in [5.74, 6) is -0.173. The Morgan fingerprint density at radius 1 is 0.667 bits per heavy atom. The summed E-state index contributed by atoms with van der Waals surface area (Å²) in [7, 11) is 0. The molecular weight excluding hydrogens is 400 g/mol. The molecule has 132 valence electrons. The lowest BCUT2D eigenvalue weighted by molar-refractivity contribution is 0.101. The van der Waals surface area contributed by atoms with Gasteiger partial charge in [-0.3, -0.25) is 14.9 Å². The highest BCUT2D eigenvalue weighted by Crippen LogP contribution is 2.28. The number of nitrogens with zero attached hydrogens (tertiary/aromatic N) is 1. The molecule has 0 unspecified atom stereocenters. The van der Waals surface area contributed by atoms with E-state index in [4.69, 9.17) is 0 Å². The summed E-state index contributed by atoms with van der Waals surface area (Å²) in [6.45, 7) is 0. The van der Waals surface area contributed by atoms with E-state index in [-0.39, 0.29) is 5.91 Å². The van der Waals surface area contributed by atoms with E-state index in [0.717, 1.165) is 27.0 Å². The fraction of sp³-hybridized carbons (Fsp3) is 0. The van der Waals surface area contributed by atoms with Crippen LogP contribution in [0.25, 0.3) is 22.5 Å². The summed E-state index contributed by atoms with van der Waals surface area (Å²) in [5.41, 5.74) is 7.57. The second-order valence-electron chi connectivity index (χ2n) is 6.09. The monoisotopic (exact) mass is 416 g/mol. The topological polar surface area (TPSA) is 34.0 Å². The normalized spacial score (nSPS) is 10.6. The molecule has 4 aromatic rings. The number of nitrogens with one attached hydrogen (secondary N) is 1. The molecule has 0 aliphatic rings. The fourth-order valence-corrected chi connectivity index (χ4v) is 3.50. The van der Waals surface area contributed by atoms with Gasteiger partial charge in [-0.05, 0) is 40.2 Å². The zero-order chi connectivity index (χ0) is 18.6. The van der Waals surface area contributed by atoms with Gasteiger partial charge >= 0.3 is 0 Å². The van der Waals surface area contributed by atoms with Crippen LogP contribution in [0.3, 0.4) is 0 Å². The van der Waals surface area contributed by atoms with Crippen molar-refractivity contribution in [3.05, 3.63) is 107 Å². The van der Waals surface area contributed by atoms with Crippen molar-refractivity contribution >= 4 is 21.8 Å². The molecule has 0 atom stereocenters. The largest absolute Gasteiger partial charge is 0.271 e. The molecule has 0 aliphatic carbocycles. The predicted molar refractivity (Wildman–Crippen MR) is 113 cm³/mol. The maximum atomic E-state index is 12.9. The number of amides is 1. The molecule has 0 bridgehead atoms. The molecule has 1 N–H and O–H groups in total. The minimum absolute atomic E-state index is 0.173. The number of carbonyl (C=O) groups is 1. The lowest BCUT2D eigenvalue weighted by atomic mass is 10.1. The van der Waals surface area contributed by atoms with E-state index >= 15 is 0 Å². The van der Waals surface area contributed by atoms with E-state index in [9.17, 15) is 4.79 Å². The number of benzene rings is 3. The predicted octanol–water partition coefficient (Wildman–Crippen LogP) is 5.97. The second-order valence-corrected chi connectivity index (χ2v) is 6.95. The van der Waals surface area contributed by atoms with Crippen LogP contribution < -0.4 is 5.43 Å². The molecule has 4 heteroatoms. The van der Waals surface area contributed by atoms with Crippen LogP contribution >= 0.6 is 15.9 Å². The van der Waals surface area contributed by atoms with Gasteiger partial charge in [0.2, 0.25) is 0 Å². The maximum Gasteiger partial charge on any atom is 0.271 e. The molecule has 3 nitrogen and oxygen atoms in total. The van der Waals surface area contributed by atoms with Crippen molar-refractivity contribution in [3.8, 4) is 22.5 Å². The van der Waals surface area contributed by atoms with Crippen molar-refractivity contribution in [1.82, 2.24) is 4.68 Å². The number of rotatable bonds is 4.